The molecule has 2 nitrogen and oxygen atoms in total. The Bertz CT molecular complexity index is 370. The van der Waals surface area contributed by atoms with Crippen LogP contribution in [0, 0.1) is 0 Å². The molecule has 0 aliphatic carbocycles. The summed E-state index contributed by atoms with van der Waals surface area (Å²) in [7, 11) is 0. The van der Waals surface area contributed by atoms with E-state index in [1.54, 1.807) is 6.26 Å². The van der Waals surface area contributed by atoms with Crippen molar-refractivity contribution in [3.63, 3.8) is 0 Å². The van der Waals surface area contributed by atoms with Crippen molar-refractivity contribution in [2.75, 3.05) is 0 Å². The van der Waals surface area contributed by atoms with Crippen LogP contribution in [0.3, 0.4) is 0 Å². The van der Waals surface area contributed by atoms with E-state index in [1.165, 1.54) is 6.39 Å². The van der Waals surface area contributed by atoms with E-state index in [0.29, 0.717) is 0 Å². The third-order valence-corrected chi connectivity index (χ3v) is 2.00. The SMILES string of the molecule is Sc1ccccc1-c1cocn1. The van der Waals surface area contributed by atoms with Crippen molar-refractivity contribution in [3.8, 4) is 11.3 Å². The van der Waals surface area contributed by atoms with Crippen LogP contribution in [0.15, 0.2) is 46.2 Å². The van der Waals surface area contributed by atoms with Crippen molar-refractivity contribution in [1.29, 1.82) is 0 Å². The average Bonchev–Trinajstić information content (AvgIpc) is 2.57. The fourth-order valence-corrected chi connectivity index (χ4v) is 1.31. The summed E-state index contributed by atoms with van der Waals surface area (Å²) in [6, 6.07) is 7.77. The molecular weight excluding hydrogens is 170 g/mol. The van der Waals surface area contributed by atoms with E-state index < -0.39 is 0 Å². The zero-order valence-corrected chi connectivity index (χ0v) is 7.16. The lowest BCUT2D eigenvalue weighted by Crippen LogP contribution is -1.77. The van der Waals surface area contributed by atoms with E-state index in [-0.39, 0.29) is 0 Å². The van der Waals surface area contributed by atoms with E-state index in [1.807, 2.05) is 24.3 Å². The van der Waals surface area contributed by atoms with E-state index in [4.69, 9.17) is 4.42 Å². The molecule has 0 aliphatic heterocycles. The van der Waals surface area contributed by atoms with Gasteiger partial charge in [-0.1, -0.05) is 18.2 Å². The Morgan fingerprint density at radius 2 is 2.08 bits per heavy atom. The molecule has 60 valence electrons. The molecule has 1 aromatic carbocycles. The normalized spacial score (nSPS) is 10.1. The van der Waals surface area contributed by atoms with Crippen LogP contribution in [0.25, 0.3) is 11.3 Å². The van der Waals surface area contributed by atoms with Gasteiger partial charge in [-0.15, -0.1) is 12.6 Å². The molecule has 0 atom stereocenters. The third-order valence-electron chi connectivity index (χ3n) is 1.61. The molecule has 0 spiro atoms. The van der Waals surface area contributed by atoms with Crippen molar-refractivity contribution < 1.29 is 4.42 Å². The summed E-state index contributed by atoms with van der Waals surface area (Å²) in [6.07, 6.45) is 3.02. The lowest BCUT2D eigenvalue weighted by Gasteiger charge is -1.98. The molecule has 2 rings (SSSR count). The number of benzene rings is 1. The van der Waals surface area contributed by atoms with Gasteiger partial charge in [-0.2, -0.15) is 0 Å². The number of hydrogen-bond donors (Lipinski definition) is 1. The lowest BCUT2D eigenvalue weighted by atomic mass is 10.2. The molecule has 0 radical (unpaired) electrons. The molecule has 0 N–H and O–H groups in total. The van der Waals surface area contributed by atoms with Crippen LogP contribution in [0.1, 0.15) is 0 Å². The van der Waals surface area contributed by atoms with Gasteiger partial charge in [0.25, 0.3) is 0 Å². The van der Waals surface area contributed by atoms with Crippen LogP contribution in [0.4, 0.5) is 0 Å². The Morgan fingerprint density at radius 3 is 2.75 bits per heavy atom. The van der Waals surface area contributed by atoms with Gasteiger partial charge in [0, 0.05) is 10.5 Å². The molecule has 1 heterocycles. The van der Waals surface area contributed by atoms with Gasteiger partial charge in [0.1, 0.15) is 12.0 Å². The van der Waals surface area contributed by atoms with E-state index >= 15 is 0 Å². The summed E-state index contributed by atoms with van der Waals surface area (Å²) in [6.45, 7) is 0. The molecule has 0 amide bonds. The summed E-state index contributed by atoms with van der Waals surface area (Å²) < 4.78 is 4.88. The molecule has 12 heavy (non-hydrogen) atoms. The minimum absolute atomic E-state index is 0.820. The highest BCUT2D eigenvalue weighted by molar-refractivity contribution is 7.80. The van der Waals surface area contributed by atoms with Gasteiger partial charge >= 0.3 is 0 Å². The van der Waals surface area contributed by atoms with Crippen molar-refractivity contribution in [3.05, 3.63) is 36.9 Å². The summed E-state index contributed by atoms with van der Waals surface area (Å²) >= 11 is 4.30. The summed E-state index contributed by atoms with van der Waals surface area (Å²) in [5.41, 5.74) is 1.81. The van der Waals surface area contributed by atoms with Crippen LogP contribution in [-0.2, 0) is 0 Å². The monoisotopic (exact) mass is 177 g/mol. The summed E-state index contributed by atoms with van der Waals surface area (Å²) in [5, 5.41) is 0. The first-order valence-corrected chi connectivity index (χ1v) is 3.99. The zero-order chi connectivity index (χ0) is 8.39. The number of oxazole rings is 1. The lowest BCUT2D eigenvalue weighted by molar-refractivity contribution is 0.558. The topological polar surface area (TPSA) is 26.0 Å². The van der Waals surface area contributed by atoms with Gasteiger partial charge in [0.15, 0.2) is 6.39 Å². The smallest absolute Gasteiger partial charge is 0.181 e. The Labute approximate surface area is 75.7 Å². The van der Waals surface area contributed by atoms with Crippen LogP contribution in [0.2, 0.25) is 0 Å². The first-order valence-electron chi connectivity index (χ1n) is 3.54. The minimum atomic E-state index is 0.820. The van der Waals surface area contributed by atoms with Crippen molar-refractivity contribution in [2.24, 2.45) is 0 Å². The molecule has 1 aromatic heterocycles. The maximum Gasteiger partial charge on any atom is 0.181 e. The van der Waals surface area contributed by atoms with Crippen molar-refractivity contribution >= 4 is 12.6 Å². The highest BCUT2D eigenvalue weighted by atomic mass is 32.1. The molecule has 0 unspecified atom stereocenters. The number of nitrogens with zero attached hydrogens (tertiary/aromatic N) is 1. The fourth-order valence-electron chi connectivity index (χ4n) is 1.04. The summed E-state index contributed by atoms with van der Waals surface area (Å²) in [5.74, 6) is 0. The molecule has 2 aromatic rings. The predicted octanol–water partition coefficient (Wildman–Crippen LogP) is 2.63. The van der Waals surface area contributed by atoms with Gasteiger partial charge in [0.05, 0.1) is 0 Å². The molecule has 0 bridgehead atoms. The Balaban J connectivity index is 2.55. The second-order valence-electron chi connectivity index (χ2n) is 2.39. The predicted molar refractivity (Wildman–Crippen MR) is 49.2 cm³/mol. The molecule has 0 saturated carbocycles. The Hall–Kier alpha value is -1.22. The molecule has 0 saturated heterocycles. The average molecular weight is 177 g/mol. The van der Waals surface area contributed by atoms with E-state index in [2.05, 4.69) is 17.6 Å². The molecule has 3 heteroatoms. The first-order chi connectivity index (χ1) is 5.88. The maximum atomic E-state index is 4.88. The van der Waals surface area contributed by atoms with Gasteiger partial charge < -0.3 is 4.42 Å². The number of hydrogen-bond acceptors (Lipinski definition) is 3. The molecular formula is C9H7NOS. The highest BCUT2D eigenvalue weighted by Gasteiger charge is 2.02. The highest BCUT2D eigenvalue weighted by Crippen LogP contribution is 2.23. The van der Waals surface area contributed by atoms with E-state index in [9.17, 15) is 0 Å². The molecule has 0 aliphatic rings. The second-order valence-corrected chi connectivity index (χ2v) is 2.87. The largest absolute Gasteiger partial charge is 0.451 e. The zero-order valence-electron chi connectivity index (χ0n) is 6.27. The summed E-state index contributed by atoms with van der Waals surface area (Å²) in [4.78, 5) is 4.94. The Kier molecular flexibility index (Phi) is 1.87. The third kappa shape index (κ3) is 1.23. The van der Waals surface area contributed by atoms with Crippen LogP contribution < -0.4 is 0 Å². The van der Waals surface area contributed by atoms with Gasteiger partial charge in [-0.25, -0.2) is 4.98 Å². The standard InChI is InChI=1S/C9H7NOS/c12-9-4-2-1-3-7(9)8-5-11-6-10-8/h1-6,12H. The van der Waals surface area contributed by atoms with Gasteiger partial charge in [0.2, 0.25) is 0 Å². The quantitative estimate of drug-likeness (QED) is 0.677. The fraction of sp³-hybridized carbons (Fsp3) is 0. The maximum absolute atomic E-state index is 4.88. The van der Waals surface area contributed by atoms with Gasteiger partial charge in [-0.05, 0) is 6.07 Å². The number of rotatable bonds is 1. The van der Waals surface area contributed by atoms with Crippen molar-refractivity contribution in [1.82, 2.24) is 4.98 Å². The Morgan fingerprint density at radius 1 is 1.25 bits per heavy atom. The van der Waals surface area contributed by atoms with Crippen LogP contribution >= 0.6 is 12.6 Å². The van der Waals surface area contributed by atoms with E-state index in [0.717, 1.165) is 16.2 Å². The van der Waals surface area contributed by atoms with Crippen molar-refractivity contribution in [2.45, 2.75) is 4.90 Å². The number of aromatic nitrogens is 1. The number of thiol groups is 1. The van der Waals surface area contributed by atoms with Gasteiger partial charge in [-0.3, -0.25) is 0 Å². The van der Waals surface area contributed by atoms with Crippen LogP contribution in [0.5, 0.6) is 0 Å². The first kappa shape index (κ1) is 7.43. The second kappa shape index (κ2) is 3.03. The minimum Gasteiger partial charge on any atom is -0.451 e. The van der Waals surface area contributed by atoms with Crippen LogP contribution in [-0.4, -0.2) is 4.98 Å². The molecule has 0 fully saturated rings.